The minimum absolute atomic E-state index is 0.0322. The van der Waals surface area contributed by atoms with Gasteiger partial charge >= 0.3 is 5.97 Å². The van der Waals surface area contributed by atoms with Gasteiger partial charge in [-0.3, -0.25) is 9.59 Å². The highest BCUT2D eigenvalue weighted by Crippen LogP contribution is 2.47. The lowest BCUT2D eigenvalue weighted by Gasteiger charge is -2.48. The Kier molecular flexibility index (Phi) is 15.3. The molecule has 0 aromatic heterocycles. The van der Waals surface area contributed by atoms with E-state index in [2.05, 4.69) is 38.2 Å². The summed E-state index contributed by atoms with van der Waals surface area (Å²) in [5.41, 5.74) is 0.129. The van der Waals surface area contributed by atoms with Crippen LogP contribution in [0.1, 0.15) is 93.9 Å². The number of methoxy groups -OCH3 is 2. The summed E-state index contributed by atoms with van der Waals surface area (Å²) in [7, 11) is 3.26. The number of fused-ring (bicyclic) bond motifs is 2. The molecule has 15 heteroatoms. The van der Waals surface area contributed by atoms with E-state index < -0.39 is 72.5 Å². The van der Waals surface area contributed by atoms with Crippen molar-refractivity contribution in [2.24, 2.45) is 17.8 Å². The third-order valence-corrected chi connectivity index (χ3v) is 14.0. The average Bonchev–Trinajstić information content (AvgIpc) is 3.57. The molecular weight excluding hydrogens is 815 g/mol. The number of hydrogen-bond donors (Lipinski definition) is 3. The Balaban J connectivity index is 1.14. The molecule has 1 amide bonds. The Morgan fingerprint density at radius 2 is 1.65 bits per heavy atom. The molecule has 0 saturated carbocycles. The van der Waals surface area contributed by atoms with E-state index in [9.17, 15) is 19.8 Å². The third kappa shape index (κ3) is 10.3. The molecule has 352 valence electrons. The van der Waals surface area contributed by atoms with Crippen LogP contribution in [0, 0.1) is 17.8 Å². The van der Waals surface area contributed by atoms with Crippen LogP contribution in [0.5, 0.6) is 0 Å². The molecule has 18 unspecified atom stereocenters. The molecule has 6 heterocycles. The zero-order chi connectivity index (χ0) is 45.4. The molecule has 0 aromatic carbocycles. The molecule has 4 saturated heterocycles. The first-order chi connectivity index (χ1) is 29.9. The SMILES string of the molecule is COC1CC(OC2C(C)OC(OC3C/C=C\C=C4\COC5C(O)C(C)=CC(C(=O)OC6CC(C/C=C\3C)OC3(C=CC(C)C(C(C)C)O3)C6)C45O)CC2OC)OC(C)C1NC(C)=O. The maximum absolute atomic E-state index is 14.3. The summed E-state index contributed by atoms with van der Waals surface area (Å²) in [6, 6.07) is -0.312. The first kappa shape index (κ1) is 48.1. The van der Waals surface area contributed by atoms with E-state index in [-0.39, 0.29) is 67.3 Å². The summed E-state index contributed by atoms with van der Waals surface area (Å²) < 4.78 is 63.9. The number of allylic oxidation sites excluding steroid dienone is 2. The van der Waals surface area contributed by atoms with Crippen LogP contribution in [0.3, 0.4) is 0 Å². The summed E-state index contributed by atoms with van der Waals surface area (Å²) in [6.45, 7) is 15.5. The predicted molar refractivity (Wildman–Crippen MR) is 230 cm³/mol. The second-order valence-electron chi connectivity index (χ2n) is 19.0. The van der Waals surface area contributed by atoms with Crippen molar-refractivity contribution in [2.45, 2.75) is 191 Å². The lowest BCUT2D eigenvalue weighted by Crippen LogP contribution is -2.58. The number of aliphatic hydroxyl groups excluding tert-OH is 1. The van der Waals surface area contributed by atoms with Gasteiger partial charge in [0.2, 0.25) is 5.91 Å². The molecule has 1 aliphatic carbocycles. The Hall–Kier alpha value is -2.80. The fourth-order valence-electron chi connectivity index (χ4n) is 10.6. The van der Waals surface area contributed by atoms with Gasteiger partial charge in [-0.25, -0.2) is 0 Å². The van der Waals surface area contributed by atoms with Crippen molar-refractivity contribution in [3.05, 3.63) is 59.3 Å². The van der Waals surface area contributed by atoms with Crippen molar-refractivity contribution >= 4 is 11.9 Å². The van der Waals surface area contributed by atoms with Crippen LogP contribution < -0.4 is 5.32 Å². The van der Waals surface area contributed by atoms with Gasteiger partial charge in [0.15, 0.2) is 18.4 Å². The fourth-order valence-corrected chi connectivity index (χ4v) is 10.6. The van der Waals surface area contributed by atoms with Gasteiger partial charge in [-0.15, -0.1) is 0 Å². The number of carbonyl (C=O) groups is 2. The second kappa shape index (κ2) is 20.0. The summed E-state index contributed by atoms with van der Waals surface area (Å²) in [5, 5.41) is 26.6. The highest BCUT2D eigenvalue weighted by Gasteiger charge is 2.60. The molecule has 0 radical (unpaired) electrons. The van der Waals surface area contributed by atoms with E-state index in [4.69, 9.17) is 47.4 Å². The van der Waals surface area contributed by atoms with Crippen molar-refractivity contribution in [3.63, 3.8) is 0 Å². The van der Waals surface area contributed by atoms with Crippen LogP contribution in [0.4, 0.5) is 0 Å². The lowest BCUT2D eigenvalue weighted by molar-refractivity contribution is -0.310. The van der Waals surface area contributed by atoms with Gasteiger partial charge in [-0.05, 0) is 69.2 Å². The number of nitrogens with one attached hydrogen (secondary N) is 1. The summed E-state index contributed by atoms with van der Waals surface area (Å²) in [5.74, 6) is -2.59. The molecule has 7 rings (SSSR count). The molecule has 63 heavy (non-hydrogen) atoms. The highest BCUT2D eigenvalue weighted by atomic mass is 16.7. The van der Waals surface area contributed by atoms with E-state index in [1.165, 1.54) is 6.92 Å². The number of aliphatic hydroxyl groups is 2. The average molecular weight is 886 g/mol. The van der Waals surface area contributed by atoms with Crippen molar-refractivity contribution in [3.8, 4) is 0 Å². The molecule has 18 atom stereocenters. The first-order valence-electron chi connectivity index (χ1n) is 22.9. The normalized spacial score (nSPS) is 46.8. The number of amides is 1. The Morgan fingerprint density at radius 1 is 0.937 bits per heavy atom. The van der Waals surface area contributed by atoms with Crippen LogP contribution in [0.2, 0.25) is 0 Å². The molecule has 0 aromatic rings. The molecule has 6 aliphatic heterocycles. The molecular formula is C48H71NO14. The standard InChI is InChI=1S/C48H71NO14/c1-25(2)43-27(4)17-18-47(63-43)23-34-20-33(62-47)16-15-26(3)36(14-12-11-13-32-24-56-45-42(51)28(5)19-35(46(52)59-34)48(32,45)53)60-39-22-38(55-10)44(30(7)58-39)61-40-21-37(54-9)41(29(6)57-40)49-31(8)50/h11-13,15,17-19,25,27,29-30,33-45,51,53H,14,16,20-24H2,1-10H3,(H,49,50)/b12-11-,26-15-,32-13-. The molecule has 4 fully saturated rings. The van der Waals surface area contributed by atoms with Crippen molar-refractivity contribution < 1.29 is 67.2 Å². The fraction of sp³-hybridized carbons (Fsp3) is 0.750. The minimum Gasteiger partial charge on any atom is -0.462 e. The zero-order valence-corrected chi connectivity index (χ0v) is 38.6. The highest BCUT2D eigenvalue weighted by molar-refractivity contribution is 5.78. The van der Waals surface area contributed by atoms with Gasteiger partial charge in [-0.1, -0.05) is 57.2 Å². The number of esters is 1. The topological polar surface area (TPSA) is 179 Å². The van der Waals surface area contributed by atoms with Crippen LogP contribution in [0.15, 0.2) is 59.3 Å². The quantitative estimate of drug-likeness (QED) is 0.222. The largest absolute Gasteiger partial charge is 0.462 e. The van der Waals surface area contributed by atoms with Gasteiger partial charge < -0.3 is 62.9 Å². The van der Waals surface area contributed by atoms with Gasteiger partial charge in [0.1, 0.15) is 35.9 Å². The van der Waals surface area contributed by atoms with Crippen LogP contribution in [-0.4, -0.2) is 140 Å². The van der Waals surface area contributed by atoms with Crippen LogP contribution >= 0.6 is 0 Å². The van der Waals surface area contributed by atoms with Crippen molar-refractivity contribution in [1.29, 1.82) is 0 Å². The number of ether oxygens (including phenoxy) is 10. The molecule has 15 nitrogen and oxygen atoms in total. The lowest BCUT2D eigenvalue weighted by atomic mass is 9.71. The Bertz CT molecular complexity index is 1790. The van der Waals surface area contributed by atoms with E-state index in [0.29, 0.717) is 43.3 Å². The van der Waals surface area contributed by atoms with Crippen molar-refractivity contribution in [1.82, 2.24) is 5.32 Å². The van der Waals surface area contributed by atoms with Gasteiger partial charge in [0, 0.05) is 52.7 Å². The maximum atomic E-state index is 14.3. The minimum atomic E-state index is -1.83. The maximum Gasteiger partial charge on any atom is 0.316 e. The van der Waals surface area contributed by atoms with E-state index >= 15 is 0 Å². The van der Waals surface area contributed by atoms with Gasteiger partial charge in [-0.2, -0.15) is 0 Å². The number of hydrogen-bond acceptors (Lipinski definition) is 14. The Morgan fingerprint density at radius 3 is 2.37 bits per heavy atom. The molecule has 1 spiro atoms. The van der Waals surface area contributed by atoms with Crippen molar-refractivity contribution in [2.75, 3.05) is 20.8 Å². The summed E-state index contributed by atoms with van der Waals surface area (Å²) in [6.07, 6.45) is 8.97. The third-order valence-electron chi connectivity index (χ3n) is 14.0. The second-order valence-corrected chi connectivity index (χ2v) is 19.0. The van der Waals surface area contributed by atoms with E-state index in [0.717, 1.165) is 5.57 Å². The molecule has 2 bridgehead atoms. The van der Waals surface area contributed by atoms with E-state index in [1.807, 2.05) is 39.0 Å². The molecule has 3 N–H and O–H groups in total. The summed E-state index contributed by atoms with van der Waals surface area (Å²) in [4.78, 5) is 26.2. The molecule has 7 aliphatic rings. The predicted octanol–water partition coefficient (Wildman–Crippen LogP) is 4.89. The van der Waals surface area contributed by atoms with E-state index in [1.54, 1.807) is 33.3 Å². The smallest absolute Gasteiger partial charge is 0.316 e. The number of rotatable bonds is 8. The monoisotopic (exact) mass is 885 g/mol. The summed E-state index contributed by atoms with van der Waals surface area (Å²) >= 11 is 0. The number of carbonyl (C=O) groups excluding carboxylic acids is 2. The van der Waals surface area contributed by atoms with Crippen LogP contribution in [-0.2, 0) is 57.0 Å². The zero-order valence-electron chi connectivity index (χ0n) is 38.6. The van der Waals surface area contributed by atoms with Gasteiger partial charge in [0.25, 0.3) is 0 Å². The van der Waals surface area contributed by atoms with Gasteiger partial charge in [0.05, 0.1) is 55.4 Å². The first-order valence-corrected chi connectivity index (χ1v) is 22.9. The van der Waals surface area contributed by atoms with Crippen LogP contribution in [0.25, 0.3) is 0 Å². The Labute approximate surface area is 372 Å².